The van der Waals surface area contributed by atoms with Crippen molar-refractivity contribution in [2.45, 2.75) is 28.5 Å². The molecule has 4 aliphatic heterocycles. The van der Waals surface area contributed by atoms with Gasteiger partial charge in [-0.15, -0.1) is 11.8 Å². The van der Waals surface area contributed by atoms with Crippen molar-refractivity contribution in [3.05, 3.63) is 133 Å². The fraction of sp³-hybridized carbons (Fsp3) is 0.256. The molecule has 6 atom stereocenters. The van der Waals surface area contributed by atoms with Gasteiger partial charge in [0.15, 0.2) is 0 Å². The van der Waals surface area contributed by atoms with Crippen molar-refractivity contribution in [2.24, 2.45) is 11.8 Å². The smallest absolute Gasteiger partial charge is 0.251 e. The molecule has 2 saturated heterocycles. The minimum atomic E-state index is -0.987. The van der Waals surface area contributed by atoms with Gasteiger partial charge >= 0.3 is 0 Å². The normalized spacial score (nSPS) is 27.4. The first kappa shape index (κ1) is 29.7. The van der Waals surface area contributed by atoms with E-state index in [1.54, 1.807) is 26.5 Å². The Hall–Kier alpha value is -4.66. The van der Waals surface area contributed by atoms with Crippen LogP contribution in [0.15, 0.2) is 127 Å². The maximum absolute atomic E-state index is 15.1. The minimum absolute atomic E-state index is 0.116. The summed E-state index contributed by atoms with van der Waals surface area (Å²) in [7, 11) is 0. The highest BCUT2D eigenvalue weighted by Gasteiger charge is 2.71. The van der Waals surface area contributed by atoms with Crippen LogP contribution in [0, 0.1) is 11.8 Å². The number of hydrogen-bond acceptors (Lipinski definition) is 5. The lowest BCUT2D eigenvalue weighted by atomic mass is 9.78. The molecule has 1 unspecified atom stereocenters. The maximum Gasteiger partial charge on any atom is 0.251 e. The molecule has 0 radical (unpaired) electrons. The summed E-state index contributed by atoms with van der Waals surface area (Å²) in [4.78, 5) is 49.7. The fourth-order valence-corrected chi connectivity index (χ4v) is 10.0. The molecule has 2 fully saturated rings. The lowest BCUT2D eigenvalue weighted by molar-refractivity contribution is -0.141. The summed E-state index contributed by atoms with van der Waals surface area (Å²) in [6, 6.07) is 31.7. The predicted octanol–water partition coefficient (Wildman–Crippen LogP) is 5.25. The van der Waals surface area contributed by atoms with Gasteiger partial charge < -0.3 is 19.8 Å². The summed E-state index contributed by atoms with van der Waals surface area (Å²) in [5.41, 5.74) is 2.49. The molecule has 4 aromatic rings. The van der Waals surface area contributed by atoms with E-state index in [1.807, 2.05) is 121 Å². The number of benzene rings is 4. The Balaban J connectivity index is 1.24. The zero-order chi connectivity index (χ0) is 32.1. The molecule has 0 saturated carbocycles. The molecule has 0 aromatic heterocycles. The molecule has 0 aliphatic carbocycles. The number of nitrogens with zero attached hydrogens (tertiary/aromatic N) is 3. The molecule has 8 heteroatoms. The van der Waals surface area contributed by atoms with Gasteiger partial charge in [-0.25, -0.2) is 0 Å². The number of amides is 3. The Morgan fingerprint density at radius 3 is 2.19 bits per heavy atom. The van der Waals surface area contributed by atoms with Crippen molar-refractivity contribution < 1.29 is 19.5 Å². The number of carbonyl (C=O) groups excluding carboxylic acids is 3. The third-order valence-electron chi connectivity index (χ3n) is 10.1. The molecule has 4 heterocycles. The van der Waals surface area contributed by atoms with E-state index in [-0.39, 0.29) is 29.6 Å². The highest BCUT2D eigenvalue weighted by Crippen LogP contribution is 2.61. The summed E-state index contributed by atoms with van der Waals surface area (Å²) in [5, 5.41) is 12.7. The number of aliphatic hydroxyl groups excluding tert-OH is 1. The lowest BCUT2D eigenvalue weighted by Crippen LogP contribution is -2.57. The van der Waals surface area contributed by atoms with Gasteiger partial charge in [-0.3, -0.25) is 14.4 Å². The monoisotopic (exact) mass is 641 g/mol. The Morgan fingerprint density at radius 2 is 1.43 bits per heavy atom. The number of thioether (sulfide) groups is 1. The third kappa shape index (κ3) is 4.81. The molecule has 3 amide bonds. The number of anilines is 2. The standard InChI is InChI=1S/C39H35N3O4S/c43-25-31(23-26-11-3-1-4-12-26)42-35-38(46)41(30-19-18-27-13-7-8-14-28(27)24-30)22-10-20-39(35)34(37(42)45)33-32(47-39)17-9-21-40(36(33)44)29-15-5-2-6-16-29/h1-20,24,31-35,43H,21-23,25H2/t31-,32+,33-,34+,35?,39+/m1/s1. The lowest BCUT2D eigenvalue weighted by Gasteiger charge is -2.38. The van der Waals surface area contributed by atoms with Gasteiger partial charge in [0.2, 0.25) is 11.8 Å². The Kier molecular flexibility index (Phi) is 7.50. The molecular weight excluding hydrogens is 607 g/mol. The van der Waals surface area contributed by atoms with Crippen molar-refractivity contribution in [3.8, 4) is 0 Å². The van der Waals surface area contributed by atoms with Crippen LogP contribution in [0.2, 0.25) is 0 Å². The topological polar surface area (TPSA) is 81.2 Å². The van der Waals surface area contributed by atoms with Crippen LogP contribution in [0.5, 0.6) is 0 Å². The number of hydrogen-bond donors (Lipinski definition) is 1. The Morgan fingerprint density at radius 1 is 0.745 bits per heavy atom. The van der Waals surface area contributed by atoms with Gasteiger partial charge in [0, 0.05) is 29.7 Å². The summed E-state index contributed by atoms with van der Waals surface area (Å²) in [5.74, 6) is -2.01. The van der Waals surface area contributed by atoms with Gasteiger partial charge in [0.25, 0.3) is 5.91 Å². The second-order valence-electron chi connectivity index (χ2n) is 12.7. The molecule has 47 heavy (non-hydrogen) atoms. The average molecular weight is 642 g/mol. The first-order valence-electron chi connectivity index (χ1n) is 16.2. The van der Waals surface area contributed by atoms with E-state index in [2.05, 4.69) is 6.08 Å². The summed E-state index contributed by atoms with van der Waals surface area (Å²) < 4.78 is -0.987. The molecule has 4 aromatic carbocycles. The van der Waals surface area contributed by atoms with Gasteiger partial charge in [-0.05, 0) is 47.0 Å². The first-order valence-corrected chi connectivity index (χ1v) is 17.0. The van der Waals surface area contributed by atoms with E-state index in [9.17, 15) is 14.7 Å². The van der Waals surface area contributed by atoms with Crippen LogP contribution in [-0.4, -0.2) is 69.5 Å². The summed E-state index contributed by atoms with van der Waals surface area (Å²) >= 11 is 1.56. The van der Waals surface area contributed by atoms with Crippen molar-refractivity contribution in [3.63, 3.8) is 0 Å². The highest BCUT2D eigenvalue weighted by molar-refractivity contribution is 8.02. The van der Waals surface area contributed by atoms with E-state index in [0.29, 0.717) is 19.5 Å². The van der Waals surface area contributed by atoms with Crippen LogP contribution in [-0.2, 0) is 20.8 Å². The third-order valence-corrected chi connectivity index (χ3v) is 11.9. The van der Waals surface area contributed by atoms with Crippen LogP contribution in [0.4, 0.5) is 11.4 Å². The number of para-hydroxylation sites is 1. The average Bonchev–Trinajstić information content (AvgIpc) is 3.43. The summed E-state index contributed by atoms with van der Waals surface area (Å²) in [6.45, 7) is 0.438. The summed E-state index contributed by atoms with van der Waals surface area (Å²) in [6.07, 6.45) is 8.47. The fourth-order valence-electron chi connectivity index (χ4n) is 8.02. The van der Waals surface area contributed by atoms with Gasteiger partial charge in [0.05, 0.1) is 29.2 Å². The Bertz CT molecular complexity index is 1910. The van der Waals surface area contributed by atoms with E-state index in [1.165, 1.54) is 0 Å². The SMILES string of the molecule is O=C1C2N([C@@H](CO)Cc3ccccc3)C(=O)[C@@H]3[C@@H]4C(=O)N(c5ccccc5)CC=C[C@@H]4S[C@]23C=CCN1c1ccc2ccccc2c1. The van der Waals surface area contributed by atoms with Crippen LogP contribution in [0.25, 0.3) is 10.8 Å². The second kappa shape index (κ2) is 11.9. The molecule has 4 aliphatic rings. The number of carbonyl (C=O) groups is 3. The second-order valence-corrected chi connectivity index (χ2v) is 14.2. The molecule has 8 rings (SSSR count). The van der Waals surface area contributed by atoms with Crippen molar-refractivity contribution >= 4 is 51.6 Å². The number of fused-ring (bicyclic) bond motifs is 3. The van der Waals surface area contributed by atoms with E-state index in [0.717, 1.165) is 27.7 Å². The molecular formula is C39H35N3O4S. The zero-order valence-electron chi connectivity index (χ0n) is 25.8. The van der Waals surface area contributed by atoms with Gasteiger partial charge in [0.1, 0.15) is 6.04 Å². The van der Waals surface area contributed by atoms with E-state index >= 15 is 4.79 Å². The van der Waals surface area contributed by atoms with E-state index in [4.69, 9.17) is 0 Å². The predicted molar refractivity (Wildman–Crippen MR) is 186 cm³/mol. The Labute approximate surface area is 278 Å². The highest BCUT2D eigenvalue weighted by atomic mass is 32.2. The molecule has 7 nitrogen and oxygen atoms in total. The van der Waals surface area contributed by atoms with Crippen molar-refractivity contribution in [1.82, 2.24) is 4.90 Å². The molecule has 1 N–H and O–H groups in total. The minimum Gasteiger partial charge on any atom is -0.394 e. The number of aliphatic hydroxyl groups is 1. The number of likely N-dealkylation sites (tertiary alicyclic amines) is 1. The van der Waals surface area contributed by atoms with Crippen LogP contribution < -0.4 is 9.80 Å². The zero-order valence-corrected chi connectivity index (χ0v) is 26.6. The van der Waals surface area contributed by atoms with Crippen molar-refractivity contribution in [2.75, 3.05) is 29.5 Å². The molecule has 0 bridgehead atoms. The first-order chi connectivity index (χ1) is 23.0. The van der Waals surface area contributed by atoms with Crippen molar-refractivity contribution in [1.29, 1.82) is 0 Å². The van der Waals surface area contributed by atoms with Gasteiger partial charge in [-0.2, -0.15) is 0 Å². The quantitative estimate of drug-likeness (QED) is 0.291. The van der Waals surface area contributed by atoms with Crippen LogP contribution >= 0.6 is 11.8 Å². The number of rotatable bonds is 6. The van der Waals surface area contributed by atoms with Gasteiger partial charge in [-0.1, -0.05) is 103 Å². The molecule has 236 valence electrons. The largest absolute Gasteiger partial charge is 0.394 e. The van der Waals surface area contributed by atoms with Crippen LogP contribution in [0.3, 0.4) is 0 Å². The molecule has 1 spiro atoms. The maximum atomic E-state index is 15.1. The van der Waals surface area contributed by atoms with E-state index < -0.39 is 28.7 Å². The van der Waals surface area contributed by atoms with Crippen LogP contribution in [0.1, 0.15) is 5.56 Å².